The fourth-order valence-electron chi connectivity index (χ4n) is 3.54. The lowest BCUT2D eigenvalue weighted by molar-refractivity contribution is -0.904. The number of carbonyl (C=O) groups is 1. The van der Waals surface area contributed by atoms with Crippen LogP contribution in [0.4, 0.5) is 8.78 Å². The molecule has 0 spiro atoms. The summed E-state index contributed by atoms with van der Waals surface area (Å²) in [6.07, 6.45) is 1.92. The van der Waals surface area contributed by atoms with Crippen molar-refractivity contribution in [3.05, 3.63) is 29.8 Å². The molecule has 0 saturated carbocycles. The molecular weight excluding hydrogens is 314 g/mol. The van der Waals surface area contributed by atoms with Crippen LogP contribution < -0.4 is 15.0 Å². The normalized spacial score (nSPS) is 24.0. The first-order chi connectivity index (χ1) is 11.4. The fourth-order valence-corrected chi connectivity index (χ4v) is 3.54. The molecule has 4 nitrogen and oxygen atoms in total. The number of ether oxygens (including phenoxy) is 1. The van der Waals surface area contributed by atoms with Crippen molar-refractivity contribution in [2.75, 3.05) is 26.2 Å². The molecule has 1 unspecified atom stereocenters. The van der Waals surface area contributed by atoms with Gasteiger partial charge in [0.15, 0.2) is 6.54 Å². The third-order valence-corrected chi connectivity index (χ3v) is 4.37. The molecule has 1 aliphatic rings. The average Bonchev–Trinajstić information content (AvgIpc) is 2.47. The molecule has 2 N–H and O–H groups in total. The van der Waals surface area contributed by atoms with E-state index >= 15 is 0 Å². The summed E-state index contributed by atoms with van der Waals surface area (Å²) in [6, 6.07) is 6.51. The first kappa shape index (κ1) is 18.6. The van der Waals surface area contributed by atoms with Crippen LogP contribution >= 0.6 is 0 Å². The van der Waals surface area contributed by atoms with Crippen LogP contribution in [0.15, 0.2) is 24.3 Å². The largest absolute Gasteiger partial charge is 0.435 e. The van der Waals surface area contributed by atoms with Gasteiger partial charge in [0, 0.05) is 18.4 Å². The van der Waals surface area contributed by atoms with E-state index in [0.29, 0.717) is 31.3 Å². The molecule has 24 heavy (non-hydrogen) atoms. The van der Waals surface area contributed by atoms with Crippen LogP contribution in [0.2, 0.25) is 0 Å². The number of rotatable bonds is 7. The van der Waals surface area contributed by atoms with Crippen molar-refractivity contribution in [2.24, 2.45) is 11.8 Å². The number of halogens is 2. The molecule has 1 amide bonds. The van der Waals surface area contributed by atoms with Gasteiger partial charge in [-0.1, -0.05) is 26.0 Å². The van der Waals surface area contributed by atoms with Crippen LogP contribution in [0, 0.1) is 11.8 Å². The van der Waals surface area contributed by atoms with Gasteiger partial charge in [-0.15, -0.1) is 0 Å². The minimum atomic E-state index is -2.81. The van der Waals surface area contributed by atoms with Gasteiger partial charge in [0.05, 0.1) is 13.1 Å². The van der Waals surface area contributed by atoms with E-state index in [-0.39, 0.29) is 11.7 Å². The SMILES string of the molecule is C[C@@H]1C[C@H](C)C[NH+](CC(=O)NCCc2ccc(OC(F)F)cc2)C1. The molecule has 134 valence electrons. The molecule has 1 heterocycles. The van der Waals surface area contributed by atoms with Crippen LogP contribution in [0.5, 0.6) is 5.75 Å². The van der Waals surface area contributed by atoms with E-state index in [4.69, 9.17) is 0 Å². The smallest absolute Gasteiger partial charge is 0.387 e. The zero-order chi connectivity index (χ0) is 17.5. The number of hydrogen-bond donors (Lipinski definition) is 2. The number of carbonyl (C=O) groups excluding carboxylic acids is 1. The number of benzene rings is 1. The molecule has 0 aromatic heterocycles. The number of nitrogens with one attached hydrogen (secondary N) is 2. The quantitative estimate of drug-likeness (QED) is 0.789. The highest BCUT2D eigenvalue weighted by Gasteiger charge is 2.26. The maximum absolute atomic E-state index is 12.1. The zero-order valence-electron chi connectivity index (χ0n) is 14.4. The van der Waals surface area contributed by atoms with Gasteiger partial charge in [-0.2, -0.15) is 8.78 Å². The molecule has 0 radical (unpaired) electrons. The molecule has 6 heteroatoms. The third kappa shape index (κ3) is 6.43. The Balaban J connectivity index is 1.68. The summed E-state index contributed by atoms with van der Waals surface area (Å²) in [7, 11) is 0. The minimum absolute atomic E-state index is 0.0731. The van der Waals surface area contributed by atoms with Crippen LogP contribution in [0.1, 0.15) is 25.8 Å². The molecule has 1 saturated heterocycles. The summed E-state index contributed by atoms with van der Waals surface area (Å²) in [5.74, 6) is 1.56. The summed E-state index contributed by atoms with van der Waals surface area (Å²) in [4.78, 5) is 13.4. The van der Waals surface area contributed by atoms with E-state index in [9.17, 15) is 13.6 Å². The summed E-state index contributed by atoms with van der Waals surface area (Å²) in [5, 5.41) is 2.94. The van der Waals surface area contributed by atoms with Crippen LogP contribution in [0.3, 0.4) is 0 Å². The Hall–Kier alpha value is -1.69. The monoisotopic (exact) mass is 341 g/mol. The third-order valence-electron chi connectivity index (χ3n) is 4.37. The van der Waals surface area contributed by atoms with E-state index in [0.717, 1.165) is 18.7 Å². The zero-order valence-corrected chi connectivity index (χ0v) is 14.4. The maximum atomic E-state index is 12.1. The predicted octanol–water partition coefficient (Wildman–Crippen LogP) is 1.51. The van der Waals surface area contributed by atoms with E-state index in [1.807, 2.05) is 0 Å². The number of piperidine rings is 1. The van der Waals surface area contributed by atoms with Gasteiger partial charge in [0.2, 0.25) is 0 Å². The van der Waals surface area contributed by atoms with Gasteiger partial charge in [-0.25, -0.2) is 0 Å². The average molecular weight is 341 g/mol. The second-order valence-corrected chi connectivity index (χ2v) is 6.90. The van der Waals surface area contributed by atoms with Crippen molar-refractivity contribution in [1.29, 1.82) is 0 Å². The second kappa shape index (κ2) is 8.97. The van der Waals surface area contributed by atoms with E-state index in [1.165, 1.54) is 23.5 Å². The number of quaternary nitrogens is 1. The van der Waals surface area contributed by atoms with E-state index in [1.54, 1.807) is 12.1 Å². The molecule has 0 bridgehead atoms. The highest BCUT2D eigenvalue weighted by Crippen LogP contribution is 2.15. The Morgan fingerprint density at radius 1 is 1.25 bits per heavy atom. The van der Waals surface area contributed by atoms with Crippen molar-refractivity contribution in [3.8, 4) is 5.75 Å². The van der Waals surface area contributed by atoms with Crippen LogP contribution in [-0.2, 0) is 11.2 Å². The lowest BCUT2D eigenvalue weighted by atomic mass is 9.92. The van der Waals surface area contributed by atoms with Crippen molar-refractivity contribution in [1.82, 2.24) is 5.32 Å². The first-order valence-electron chi connectivity index (χ1n) is 8.56. The van der Waals surface area contributed by atoms with Crippen LogP contribution in [0.25, 0.3) is 0 Å². The van der Waals surface area contributed by atoms with E-state index in [2.05, 4.69) is 23.9 Å². The van der Waals surface area contributed by atoms with Gasteiger partial charge in [0.1, 0.15) is 5.75 Å². The fraction of sp³-hybridized carbons (Fsp3) is 0.611. The topological polar surface area (TPSA) is 42.8 Å². The van der Waals surface area contributed by atoms with Gasteiger partial charge in [-0.05, 0) is 30.5 Å². The summed E-state index contributed by atoms with van der Waals surface area (Å²) >= 11 is 0. The Morgan fingerprint density at radius 2 is 1.88 bits per heavy atom. The molecule has 2 rings (SSSR count). The van der Waals surface area contributed by atoms with Crippen LogP contribution in [-0.4, -0.2) is 38.7 Å². The molecule has 1 fully saturated rings. The van der Waals surface area contributed by atoms with Gasteiger partial charge < -0.3 is 15.0 Å². The van der Waals surface area contributed by atoms with Gasteiger partial charge in [-0.3, -0.25) is 4.79 Å². The molecular formula is C18H27F2N2O2+. The summed E-state index contributed by atoms with van der Waals surface area (Å²) in [6.45, 7) is 4.87. The maximum Gasteiger partial charge on any atom is 0.387 e. The molecule has 1 aromatic carbocycles. The lowest BCUT2D eigenvalue weighted by Crippen LogP contribution is -3.15. The number of likely N-dealkylation sites (tertiary alicyclic amines) is 1. The van der Waals surface area contributed by atoms with E-state index < -0.39 is 6.61 Å². The standard InChI is InChI=1S/C18H26F2N2O2/c1-13-9-14(2)11-22(10-13)12-17(23)21-8-7-15-3-5-16(6-4-15)24-18(19)20/h3-6,13-14,18H,7-12H2,1-2H3,(H,21,23)/p+1/t13-,14+. The Labute approximate surface area is 142 Å². The minimum Gasteiger partial charge on any atom is -0.435 e. The highest BCUT2D eigenvalue weighted by molar-refractivity contribution is 5.76. The Bertz CT molecular complexity index is 512. The molecule has 1 aliphatic heterocycles. The Morgan fingerprint density at radius 3 is 2.46 bits per heavy atom. The number of alkyl halides is 2. The molecule has 3 atom stereocenters. The first-order valence-corrected chi connectivity index (χ1v) is 8.56. The van der Waals surface area contributed by atoms with Crippen molar-refractivity contribution < 1.29 is 23.2 Å². The highest BCUT2D eigenvalue weighted by atomic mass is 19.3. The molecule has 1 aromatic rings. The second-order valence-electron chi connectivity index (χ2n) is 6.90. The van der Waals surface area contributed by atoms with Gasteiger partial charge >= 0.3 is 6.61 Å². The number of hydrogen-bond acceptors (Lipinski definition) is 2. The van der Waals surface area contributed by atoms with Gasteiger partial charge in [0.25, 0.3) is 5.91 Å². The van der Waals surface area contributed by atoms with Crippen molar-refractivity contribution in [3.63, 3.8) is 0 Å². The predicted molar refractivity (Wildman–Crippen MR) is 88.3 cm³/mol. The Kier molecular flexibility index (Phi) is 6.97. The summed E-state index contributed by atoms with van der Waals surface area (Å²) < 4.78 is 28.5. The van der Waals surface area contributed by atoms with Crippen molar-refractivity contribution in [2.45, 2.75) is 33.3 Å². The van der Waals surface area contributed by atoms with Crippen molar-refractivity contribution >= 4 is 5.91 Å². The number of amides is 1. The molecule has 0 aliphatic carbocycles. The lowest BCUT2D eigenvalue weighted by Gasteiger charge is -2.31. The summed E-state index contributed by atoms with van der Waals surface area (Å²) in [5.41, 5.74) is 0.976.